The number of carbonyl (C=O) groups excluding carboxylic acids is 1. The van der Waals surface area contributed by atoms with Crippen LogP contribution >= 0.6 is 12.4 Å². The largest absolute Gasteiger partial charge is 0.467 e. The molecule has 1 saturated heterocycles. The molecule has 5 heteroatoms. The molecule has 2 rings (SSSR count). The number of hydrogen-bond acceptors (Lipinski definition) is 3. The molecule has 90 valence electrons. The fourth-order valence-electron chi connectivity index (χ4n) is 1.79. The minimum Gasteiger partial charge on any atom is -0.467 e. The lowest BCUT2D eigenvalue weighted by Crippen LogP contribution is -2.46. The number of nitrogens with one attached hydrogen (secondary N) is 2. The first kappa shape index (κ1) is 13.1. The molecule has 1 amide bonds. The maximum absolute atomic E-state index is 11.7. The first-order chi connectivity index (χ1) is 7.36. The summed E-state index contributed by atoms with van der Waals surface area (Å²) >= 11 is 0. The van der Waals surface area contributed by atoms with Gasteiger partial charge < -0.3 is 15.1 Å². The van der Waals surface area contributed by atoms with Crippen molar-refractivity contribution in [3.05, 3.63) is 24.2 Å². The van der Waals surface area contributed by atoms with Gasteiger partial charge in [-0.1, -0.05) is 6.42 Å². The topological polar surface area (TPSA) is 54.3 Å². The summed E-state index contributed by atoms with van der Waals surface area (Å²) in [5, 5.41) is 6.07. The predicted molar refractivity (Wildman–Crippen MR) is 63.4 cm³/mol. The van der Waals surface area contributed by atoms with Crippen LogP contribution in [-0.2, 0) is 11.3 Å². The van der Waals surface area contributed by atoms with Crippen molar-refractivity contribution in [1.82, 2.24) is 10.6 Å². The summed E-state index contributed by atoms with van der Waals surface area (Å²) in [7, 11) is 0. The number of furan rings is 1. The van der Waals surface area contributed by atoms with Crippen LogP contribution in [0.25, 0.3) is 0 Å². The van der Waals surface area contributed by atoms with Crippen molar-refractivity contribution < 1.29 is 9.21 Å². The molecule has 1 aromatic heterocycles. The molecule has 0 spiro atoms. The van der Waals surface area contributed by atoms with Crippen LogP contribution in [0, 0.1) is 0 Å². The Hall–Kier alpha value is -1.00. The van der Waals surface area contributed by atoms with Crippen molar-refractivity contribution in [2.24, 2.45) is 0 Å². The van der Waals surface area contributed by atoms with Crippen molar-refractivity contribution in [3.63, 3.8) is 0 Å². The van der Waals surface area contributed by atoms with Gasteiger partial charge in [0.05, 0.1) is 18.8 Å². The highest BCUT2D eigenvalue weighted by Crippen LogP contribution is 2.07. The van der Waals surface area contributed by atoms with E-state index >= 15 is 0 Å². The number of halogens is 1. The molecule has 2 N–H and O–H groups in total. The monoisotopic (exact) mass is 244 g/mol. The fraction of sp³-hybridized carbons (Fsp3) is 0.545. The molecule has 2 heterocycles. The molecule has 1 atom stereocenters. The quantitative estimate of drug-likeness (QED) is 0.847. The number of rotatable bonds is 3. The molecule has 1 aliphatic heterocycles. The normalized spacial score (nSPS) is 19.9. The molecule has 0 aromatic carbocycles. The molecule has 4 nitrogen and oxygen atoms in total. The van der Waals surface area contributed by atoms with Crippen LogP contribution in [-0.4, -0.2) is 18.5 Å². The zero-order valence-corrected chi connectivity index (χ0v) is 9.89. The zero-order chi connectivity index (χ0) is 10.5. The van der Waals surface area contributed by atoms with Crippen LogP contribution < -0.4 is 10.6 Å². The molecule has 1 aliphatic rings. The van der Waals surface area contributed by atoms with Gasteiger partial charge >= 0.3 is 0 Å². The van der Waals surface area contributed by atoms with Gasteiger partial charge in [-0.05, 0) is 31.5 Å². The van der Waals surface area contributed by atoms with E-state index in [-0.39, 0.29) is 24.4 Å². The third-order valence-electron chi connectivity index (χ3n) is 2.64. The van der Waals surface area contributed by atoms with E-state index in [2.05, 4.69) is 10.6 Å². The van der Waals surface area contributed by atoms with Gasteiger partial charge in [0, 0.05) is 0 Å². The van der Waals surface area contributed by atoms with Gasteiger partial charge in [-0.2, -0.15) is 0 Å². The Balaban J connectivity index is 0.00000128. The average molecular weight is 245 g/mol. The Labute approximate surface area is 101 Å². The van der Waals surface area contributed by atoms with Crippen molar-refractivity contribution in [3.8, 4) is 0 Å². The lowest BCUT2D eigenvalue weighted by atomic mass is 10.0. The van der Waals surface area contributed by atoms with Gasteiger partial charge in [-0.25, -0.2) is 0 Å². The minimum atomic E-state index is -0.0197. The van der Waals surface area contributed by atoms with Crippen molar-refractivity contribution in [2.45, 2.75) is 31.8 Å². The maximum Gasteiger partial charge on any atom is 0.237 e. The number of amides is 1. The Bertz CT molecular complexity index is 308. The Morgan fingerprint density at radius 3 is 3.06 bits per heavy atom. The summed E-state index contributed by atoms with van der Waals surface area (Å²) in [6.45, 7) is 1.42. The van der Waals surface area contributed by atoms with Crippen molar-refractivity contribution in [1.29, 1.82) is 0 Å². The van der Waals surface area contributed by atoms with Crippen molar-refractivity contribution >= 4 is 18.3 Å². The summed E-state index contributed by atoms with van der Waals surface area (Å²) in [5.41, 5.74) is 0. The first-order valence-corrected chi connectivity index (χ1v) is 5.40. The summed E-state index contributed by atoms with van der Waals surface area (Å²) in [5.74, 6) is 0.866. The van der Waals surface area contributed by atoms with Gasteiger partial charge in [0.1, 0.15) is 5.76 Å². The van der Waals surface area contributed by atoms with Crippen LogP contribution in [0.2, 0.25) is 0 Å². The Kier molecular flexibility index (Phi) is 5.35. The standard InChI is InChI=1S/C11H16N2O2.ClH/c14-11(10-5-1-2-6-12-10)13-8-9-4-3-7-15-9;/h3-4,7,10,12H,1-2,5-6,8H2,(H,13,14);1H/t10-;/m1./s1. The second-order valence-electron chi connectivity index (χ2n) is 3.80. The minimum absolute atomic E-state index is 0. The van der Waals surface area contributed by atoms with Gasteiger partial charge in [-0.15, -0.1) is 12.4 Å². The van der Waals surface area contributed by atoms with E-state index in [1.807, 2.05) is 12.1 Å². The molecule has 0 aliphatic carbocycles. The predicted octanol–water partition coefficient (Wildman–Crippen LogP) is 1.46. The third kappa shape index (κ3) is 3.54. The van der Waals surface area contributed by atoms with Crippen molar-refractivity contribution in [2.75, 3.05) is 6.54 Å². The van der Waals surface area contributed by atoms with Gasteiger partial charge in [0.15, 0.2) is 0 Å². The van der Waals surface area contributed by atoms with Gasteiger partial charge in [0.25, 0.3) is 0 Å². The van der Waals surface area contributed by atoms with Gasteiger partial charge in [-0.3, -0.25) is 4.79 Å². The Morgan fingerprint density at radius 2 is 2.44 bits per heavy atom. The number of piperidine rings is 1. The summed E-state index contributed by atoms with van der Waals surface area (Å²) in [4.78, 5) is 11.7. The average Bonchev–Trinajstić information content (AvgIpc) is 2.80. The van der Waals surface area contributed by atoms with E-state index in [0.717, 1.165) is 25.1 Å². The molecule has 0 unspecified atom stereocenters. The second kappa shape index (κ2) is 6.55. The van der Waals surface area contributed by atoms with E-state index in [9.17, 15) is 4.79 Å². The third-order valence-corrected chi connectivity index (χ3v) is 2.64. The van der Waals surface area contributed by atoms with Crippen LogP contribution in [0.15, 0.2) is 22.8 Å². The molecule has 1 fully saturated rings. The van der Waals surface area contributed by atoms with E-state index in [1.165, 1.54) is 6.42 Å². The van der Waals surface area contributed by atoms with E-state index < -0.39 is 0 Å². The molecular formula is C11H17ClN2O2. The molecule has 16 heavy (non-hydrogen) atoms. The fourth-order valence-corrected chi connectivity index (χ4v) is 1.79. The lowest BCUT2D eigenvalue weighted by molar-refractivity contribution is -0.123. The summed E-state index contributed by atoms with van der Waals surface area (Å²) < 4.78 is 5.14. The Morgan fingerprint density at radius 1 is 1.56 bits per heavy atom. The van der Waals surface area contributed by atoms with E-state index in [0.29, 0.717) is 6.54 Å². The van der Waals surface area contributed by atoms with E-state index in [4.69, 9.17) is 4.42 Å². The maximum atomic E-state index is 11.7. The lowest BCUT2D eigenvalue weighted by Gasteiger charge is -2.22. The molecule has 1 aromatic rings. The smallest absolute Gasteiger partial charge is 0.237 e. The van der Waals surface area contributed by atoms with Crippen LogP contribution in [0.3, 0.4) is 0 Å². The molecule has 0 bridgehead atoms. The van der Waals surface area contributed by atoms with Crippen LogP contribution in [0.1, 0.15) is 25.0 Å². The van der Waals surface area contributed by atoms with Gasteiger partial charge in [0.2, 0.25) is 5.91 Å². The zero-order valence-electron chi connectivity index (χ0n) is 9.07. The highest BCUT2D eigenvalue weighted by molar-refractivity contribution is 5.85. The number of hydrogen-bond donors (Lipinski definition) is 2. The van der Waals surface area contributed by atoms with Crippen LogP contribution in [0.5, 0.6) is 0 Å². The molecule has 0 saturated carbocycles. The molecule has 0 radical (unpaired) electrons. The number of carbonyl (C=O) groups is 1. The molecular weight excluding hydrogens is 228 g/mol. The summed E-state index contributed by atoms with van der Waals surface area (Å²) in [6.07, 6.45) is 4.85. The van der Waals surface area contributed by atoms with E-state index in [1.54, 1.807) is 6.26 Å². The highest BCUT2D eigenvalue weighted by atomic mass is 35.5. The summed E-state index contributed by atoms with van der Waals surface area (Å²) in [6, 6.07) is 3.66. The highest BCUT2D eigenvalue weighted by Gasteiger charge is 2.19. The first-order valence-electron chi connectivity index (χ1n) is 5.40. The second-order valence-corrected chi connectivity index (χ2v) is 3.80. The van der Waals surface area contributed by atoms with Crippen LogP contribution in [0.4, 0.5) is 0 Å². The SMILES string of the molecule is Cl.O=C(NCc1ccco1)[C@H]1CCCCN1.